The number of nitrogens with one attached hydrogen (secondary N) is 1. The van der Waals surface area contributed by atoms with E-state index in [1.807, 2.05) is 31.0 Å². The SMILES string of the molecule is CCOc1ccccc1NC(=O)c1ccc(N(C)C2CCS(=O)(=O)C2)nc1. The summed E-state index contributed by atoms with van der Waals surface area (Å²) < 4.78 is 28.8. The van der Waals surface area contributed by atoms with Crippen molar-refractivity contribution < 1.29 is 17.9 Å². The maximum atomic E-state index is 12.5. The number of anilines is 2. The number of rotatable bonds is 6. The van der Waals surface area contributed by atoms with Crippen LogP contribution in [0.25, 0.3) is 0 Å². The molecular weight excluding hydrogens is 366 g/mol. The van der Waals surface area contributed by atoms with Gasteiger partial charge in [-0.1, -0.05) is 12.1 Å². The monoisotopic (exact) mass is 389 g/mol. The lowest BCUT2D eigenvalue weighted by molar-refractivity contribution is 0.102. The largest absolute Gasteiger partial charge is 0.492 e. The fourth-order valence-electron chi connectivity index (χ4n) is 3.04. The minimum atomic E-state index is -2.96. The van der Waals surface area contributed by atoms with Crippen molar-refractivity contribution in [1.29, 1.82) is 0 Å². The number of carbonyl (C=O) groups is 1. The summed E-state index contributed by atoms with van der Waals surface area (Å²) in [4.78, 5) is 18.7. The molecule has 1 N–H and O–H groups in total. The zero-order valence-corrected chi connectivity index (χ0v) is 16.2. The van der Waals surface area contributed by atoms with Crippen LogP contribution in [-0.2, 0) is 9.84 Å². The first kappa shape index (κ1) is 19.2. The lowest BCUT2D eigenvalue weighted by Crippen LogP contribution is -2.33. The van der Waals surface area contributed by atoms with Gasteiger partial charge in [0, 0.05) is 19.3 Å². The van der Waals surface area contributed by atoms with Crippen LogP contribution < -0.4 is 15.0 Å². The summed E-state index contributed by atoms with van der Waals surface area (Å²) in [7, 11) is -1.13. The van der Waals surface area contributed by atoms with Gasteiger partial charge in [0.1, 0.15) is 11.6 Å². The number of nitrogens with zero attached hydrogens (tertiary/aromatic N) is 2. The third kappa shape index (κ3) is 4.57. The summed E-state index contributed by atoms with van der Waals surface area (Å²) in [6.45, 7) is 2.39. The van der Waals surface area contributed by atoms with Crippen molar-refractivity contribution in [3.8, 4) is 5.75 Å². The summed E-state index contributed by atoms with van der Waals surface area (Å²) in [6, 6.07) is 10.6. The third-order valence-corrected chi connectivity index (χ3v) is 6.31. The van der Waals surface area contributed by atoms with E-state index in [-0.39, 0.29) is 23.5 Å². The molecule has 3 rings (SSSR count). The number of para-hydroxylation sites is 2. The van der Waals surface area contributed by atoms with Gasteiger partial charge in [-0.15, -0.1) is 0 Å². The smallest absolute Gasteiger partial charge is 0.257 e. The lowest BCUT2D eigenvalue weighted by atomic mass is 10.2. The molecule has 1 unspecified atom stereocenters. The summed E-state index contributed by atoms with van der Waals surface area (Å²) in [6.07, 6.45) is 2.09. The van der Waals surface area contributed by atoms with Crippen LogP contribution in [0.3, 0.4) is 0 Å². The Morgan fingerprint density at radius 3 is 2.70 bits per heavy atom. The number of carbonyl (C=O) groups excluding carboxylic acids is 1. The second-order valence-electron chi connectivity index (χ2n) is 6.46. The van der Waals surface area contributed by atoms with E-state index >= 15 is 0 Å². The molecule has 144 valence electrons. The van der Waals surface area contributed by atoms with E-state index in [4.69, 9.17) is 4.74 Å². The number of sulfone groups is 1. The number of hydrogen-bond donors (Lipinski definition) is 1. The summed E-state index contributed by atoms with van der Waals surface area (Å²) in [5, 5.41) is 2.83. The van der Waals surface area contributed by atoms with Crippen molar-refractivity contribution >= 4 is 27.2 Å². The summed E-state index contributed by atoms with van der Waals surface area (Å²) in [5.74, 6) is 1.32. The first-order chi connectivity index (χ1) is 12.9. The summed E-state index contributed by atoms with van der Waals surface area (Å²) in [5.41, 5.74) is 1.01. The molecule has 8 heteroatoms. The highest BCUT2D eigenvalue weighted by Gasteiger charge is 2.31. The highest BCUT2D eigenvalue weighted by Crippen LogP contribution is 2.25. The van der Waals surface area contributed by atoms with E-state index in [1.165, 1.54) is 6.20 Å². The first-order valence-electron chi connectivity index (χ1n) is 8.82. The Kier molecular flexibility index (Phi) is 5.65. The average molecular weight is 389 g/mol. The molecule has 1 fully saturated rings. The Labute approximate surface area is 159 Å². The Hall–Kier alpha value is -2.61. The maximum absolute atomic E-state index is 12.5. The van der Waals surface area contributed by atoms with Crippen LogP contribution in [-0.4, -0.2) is 50.5 Å². The van der Waals surface area contributed by atoms with E-state index in [2.05, 4.69) is 10.3 Å². The molecular formula is C19H23N3O4S. The predicted molar refractivity (Wildman–Crippen MR) is 105 cm³/mol. The van der Waals surface area contributed by atoms with E-state index in [0.29, 0.717) is 35.8 Å². The Balaban J connectivity index is 1.69. The van der Waals surface area contributed by atoms with Crippen LogP contribution in [0, 0.1) is 0 Å². The van der Waals surface area contributed by atoms with Crippen LogP contribution in [0.1, 0.15) is 23.7 Å². The molecule has 1 aromatic carbocycles. The molecule has 1 saturated heterocycles. The number of benzene rings is 1. The molecule has 1 aliphatic rings. The normalized spacial score (nSPS) is 18.1. The van der Waals surface area contributed by atoms with Crippen LogP contribution in [0.5, 0.6) is 5.75 Å². The van der Waals surface area contributed by atoms with Crippen molar-refractivity contribution in [2.24, 2.45) is 0 Å². The van der Waals surface area contributed by atoms with Gasteiger partial charge in [0.25, 0.3) is 5.91 Å². The van der Waals surface area contributed by atoms with Gasteiger partial charge in [-0.25, -0.2) is 13.4 Å². The number of pyridine rings is 1. The number of ether oxygens (including phenoxy) is 1. The second-order valence-corrected chi connectivity index (χ2v) is 8.68. The van der Waals surface area contributed by atoms with Crippen molar-refractivity contribution in [3.05, 3.63) is 48.2 Å². The molecule has 0 aliphatic carbocycles. The van der Waals surface area contributed by atoms with Crippen molar-refractivity contribution in [2.75, 3.05) is 35.4 Å². The third-order valence-electron chi connectivity index (χ3n) is 4.56. The van der Waals surface area contributed by atoms with Crippen molar-refractivity contribution in [2.45, 2.75) is 19.4 Å². The van der Waals surface area contributed by atoms with Gasteiger partial charge in [-0.05, 0) is 37.6 Å². The Morgan fingerprint density at radius 2 is 2.07 bits per heavy atom. The average Bonchev–Trinajstić information content (AvgIpc) is 3.03. The minimum Gasteiger partial charge on any atom is -0.492 e. The minimum absolute atomic E-state index is 0.0831. The van der Waals surface area contributed by atoms with Gasteiger partial charge in [0.05, 0.1) is 29.4 Å². The summed E-state index contributed by atoms with van der Waals surface area (Å²) >= 11 is 0. The van der Waals surface area contributed by atoms with Gasteiger partial charge in [-0.2, -0.15) is 0 Å². The van der Waals surface area contributed by atoms with Crippen LogP contribution >= 0.6 is 0 Å². The molecule has 7 nitrogen and oxygen atoms in total. The van der Waals surface area contributed by atoms with Gasteiger partial charge in [0.15, 0.2) is 9.84 Å². The van der Waals surface area contributed by atoms with E-state index < -0.39 is 9.84 Å². The Morgan fingerprint density at radius 1 is 1.30 bits per heavy atom. The molecule has 1 atom stereocenters. The van der Waals surface area contributed by atoms with Gasteiger partial charge in [0.2, 0.25) is 0 Å². The topological polar surface area (TPSA) is 88.6 Å². The molecule has 2 heterocycles. The van der Waals surface area contributed by atoms with Gasteiger partial charge >= 0.3 is 0 Å². The van der Waals surface area contributed by atoms with E-state index in [1.54, 1.807) is 24.3 Å². The standard InChI is InChI=1S/C19H23N3O4S/c1-3-26-17-7-5-4-6-16(17)21-19(23)14-8-9-18(20-12-14)22(2)15-10-11-27(24,25)13-15/h4-9,12,15H,3,10-11,13H2,1-2H3,(H,21,23). The molecule has 0 saturated carbocycles. The fraction of sp³-hybridized carbons (Fsp3) is 0.368. The molecule has 1 aliphatic heterocycles. The van der Waals surface area contributed by atoms with E-state index in [9.17, 15) is 13.2 Å². The van der Waals surface area contributed by atoms with Gasteiger partial charge < -0.3 is 15.0 Å². The molecule has 1 amide bonds. The second kappa shape index (κ2) is 7.96. The predicted octanol–water partition coefficient (Wildman–Crippen LogP) is 2.36. The lowest BCUT2D eigenvalue weighted by Gasteiger charge is -2.24. The van der Waals surface area contributed by atoms with Crippen LogP contribution in [0.4, 0.5) is 11.5 Å². The fourth-order valence-corrected chi connectivity index (χ4v) is 4.82. The molecule has 2 aromatic rings. The molecule has 0 radical (unpaired) electrons. The maximum Gasteiger partial charge on any atom is 0.257 e. The number of aromatic nitrogens is 1. The van der Waals surface area contributed by atoms with Gasteiger partial charge in [-0.3, -0.25) is 4.79 Å². The number of amides is 1. The zero-order valence-electron chi connectivity index (χ0n) is 15.4. The van der Waals surface area contributed by atoms with Crippen molar-refractivity contribution in [3.63, 3.8) is 0 Å². The highest BCUT2D eigenvalue weighted by molar-refractivity contribution is 7.91. The zero-order chi connectivity index (χ0) is 19.4. The van der Waals surface area contributed by atoms with Crippen LogP contribution in [0.15, 0.2) is 42.6 Å². The number of hydrogen-bond acceptors (Lipinski definition) is 6. The molecule has 0 bridgehead atoms. The quantitative estimate of drug-likeness (QED) is 0.816. The molecule has 0 spiro atoms. The Bertz CT molecular complexity index is 913. The molecule has 1 aromatic heterocycles. The van der Waals surface area contributed by atoms with E-state index in [0.717, 1.165) is 0 Å². The van der Waals surface area contributed by atoms with Crippen LogP contribution in [0.2, 0.25) is 0 Å². The molecule has 27 heavy (non-hydrogen) atoms. The highest BCUT2D eigenvalue weighted by atomic mass is 32.2. The van der Waals surface area contributed by atoms with Crippen molar-refractivity contribution in [1.82, 2.24) is 4.98 Å². The first-order valence-corrected chi connectivity index (χ1v) is 10.6.